The lowest BCUT2D eigenvalue weighted by molar-refractivity contribution is 0.0932. The Morgan fingerprint density at radius 2 is 1.91 bits per heavy atom. The molecule has 126 valence electrons. The van der Waals surface area contributed by atoms with Crippen LogP contribution < -0.4 is 10.2 Å². The Labute approximate surface area is 138 Å². The molecule has 2 heterocycles. The minimum atomic E-state index is -0.0594. The van der Waals surface area contributed by atoms with Crippen LogP contribution in [0.5, 0.6) is 0 Å². The van der Waals surface area contributed by atoms with E-state index in [2.05, 4.69) is 32.0 Å². The third-order valence-electron chi connectivity index (χ3n) is 4.87. The third kappa shape index (κ3) is 3.99. The van der Waals surface area contributed by atoms with E-state index < -0.39 is 0 Å². The van der Waals surface area contributed by atoms with E-state index in [1.54, 1.807) is 6.07 Å². The van der Waals surface area contributed by atoms with E-state index in [-0.39, 0.29) is 5.91 Å². The zero-order chi connectivity index (χ0) is 16.2. The van der Waals surface area contributed by atoms with Crippen molar-refractivity contribution in [2.45, 2.75) is 45.6 Å². The normalized spacial score (nSPS) is 20.0. The highest BCUT2D eigenvalue weighted by Gasteiger charge is 2.22. The third-order valence-corrected chi connectivity index (χ3v) is 4.87. The SMILES string of the molecule is CCN1CCN(c2nc(C)cc(C(=O)NC3CCCC3)n2)CC1. The number of aryl methyl sites for hydroxylation is 1. The number of likely N-dealkylation sites (N-methyl/N-ethyl adjacent to an activating group) is 1. The summed E-state index contributed by atoms with van der Waals surface area (Å²) in [6, 6.07) is 2.10. The first kappa shape index (κ1) is 16.2. The molecule has 1 aliphatic carbocycles. The van der Waals surface area contributed by atoms with Gasteiger partial charge in [-0.1, -0.05) is 19.8 Å². The Balaban J connectivity index is 1.70. The molecular formula is C17H27N5O. The number of carbonyl (C=O) groups excluding carboxylic acids is 1. The van der Waals surface area contributed by atoms with Crippen LogP contribution in [0.3, 0.4) is 0 Å². The Hall–Kier alpha value is -1.69. The van der Waals surface area contributed by atoms with E-state index >= 15 is 0 Å². The lowest BCUT2D eigenvalue weighted by atomic mass is 10.2. The highest BCUT2D eigenvalue weighted by Crippen LogP contribution is 2.18. The predicted octanol–water partition coefficient (Wildman–Crippen LogP) is 1.60. The summed E-state index contributed by atoms with van der Waals surface area (Å²) >= 11 is 0. The van der Waals surface area contributed by atoms with Gasteiger partial charge >= 0.3 is 0 Å². The second-order valence-corrected chi connectivity index (χ2v) is 6.57. The molecule has 23 heavy (non-hydrogen) atoms. The van der Waals surface area contributed by atoms with Crippen LogP contribution in [0.1, 0.15) is 48.8 Å². The van der Waals surface area contributed by atoms with Crippen LogP contribution in [0.4, 0.5) is 5.95 Å². The fraction of sp³-hybridized carbons (Fsp3) is 0.706. The molecule has 0 unspecified atom stereocenters. The maximum Gasteiger partial charge on any atom is 0.270 e. The van der Waals surface area contributed by atoms with Crippen LogP contribution in [0.25, 0.3) is 0 Å². The zero-order valence-electron chi connectivity index (χ0n) is 14.2. The van der Waals surface area contributed by atoms with E-state index in [4.69, 9.17) is 0 Å². The van der Waals surface area contributed by atoms with Crippen molar-refractivity contribution in [1.82, 2.24) is 20.2 Å². The number of hydrogen-bond donors (Lipinski definition) is 1. The summed E-state index contributed by atoms with van der Waals surface area (Å²) in [6.07, 6.45) is 4.59. The van der Waals surface area contributed by atoms with Gasteiger partial charge in [0.1, 0.15) is 5.69 Å². The zero-order valence-corrected chi connectivity index (χ0v) is 14.2. The van der Waals surface area contributed by atoms with Crippen molar-refractivity contribution < 1.29 is 4.79 Å². The minimum absolute atomic E-state index is 0.0594. The second-order valence-electron chi connectivity index (χ2n) is 6.57. The molecule has 1 aromatic heterocycles. The Morgan fingerprint density at radius 3 is 2.57 bits per heavy atom. The first-order chi connectivity index (χ1) is 11.2. The molecule has 1 saturated heterocycles. The molecule has 0 bridgehead atoms. The van der Waals surface area contributed by atoms with Gasteiger partial charge < -0.3 is 15.1 Å². The Kier molecular flexibility index (Phi) is 5.10. The Morgan fingerprint density at radius 1 is 1.22 bits per heavy atom. The standard InChI is InChI=1S/C17H27N5O/c1-3-21-8-10-22(11-9-21)17-18-13(2)12-15(20-17)16(23)19-14-6-4-5-7-14/h12,14H,3-11H2,1-2H3,(H,19,23). The van der Waals surface area contributed by atoms with Crippen LogP contribution in [0, 0.1) is 6.92 Å². The van der Waals surface area contributed by atoms with Crippen molar-refractivity contribution in [3.63, 3.8) is 0 Å². The van der Waals surface area contributed by atoms with Crippen molar-refractivity contribution in [3.05, 3.63) is 17.5 Å². The first-order valence-corrected chi connectivity index (χ1v) is 8.79. The monoisotopic (exact) mass is 317 g/mol. The highest BCUT2D eigenvalue weighted by atomic mass is 16.1. The van der Waals surface area contributed by atoms with Gasteiger partial charge in [0.25, 0.3) is 5.91 Å². The molecule has 0 atom stereocenters. The van der Waals surface area contributed by atoms with Crippen molar-refractivity contribution in [2.24, 2.45) is 0 Å². The molecule has 6 heteroatoms. The van der Waals surface area contributed by atoms with Crippen molar-refractivity contribution >= 4 is 11.9 Å². The number of anilines is 1. The summed E-state index contributed by atoms with van der Waals surface area (Å²) in [6.45, 7) is 9.08. The number of nitrogens with one attached hydrogen (secondary N) is 1. The molecular weight excluding hydrogens is 290 g/mol. The molecule has 0 aromatic carbocycles. The van der Waals surface area contributed by atoms with Crippen LogP contribution in [0.2, 0.25) is 0 Å². The quantitative estimate of drug-likeness (QED) is 0.914. The average Bonchev–Trinajstić information content (AvgIpc) is 3.07. The molecule has 0 radical (unpaired) electrons. The molecule has 1 aliphatic heterocycles. The van der Waals surface area contributed by atoms with Crippen LogP contribution in [-0.4, -0.2) is 59.5 Å². The number of carbonyl (C=O) groups is 1. The molecule has 2 aliphatic rings. The van der Waals surface area contributed by atoms with Gasteiger partial charge in [-0.05, 0) is 32.4 Å². The van der Waals surface area contributed by atoms with Gasteiger partial charge in [-0.3, -0.25) is 4.79 Å². The van der Waals surface area contributed by atoms with Crippen LogP contribution >= 0.6 is 0 Å². The molecule has 0 spiro atoms. The van der Waals surface area contributed by atoms with E-state index in [1.807, 2.05) is 6.92 Å². The van der Waals surface area contributed by atoms with Crippen LogP contribution in [0.15, 0.2) is 6.07 Å². The minimum Gasteiger partial charge on any atom is -0.348 e. The summed E-state index contributed by atoms with van der Waals surface area (Å²) in [5, 5.41) is 3.11. The highest BCUT2D eigenvalue weighted by molar-refractivity contribution is 5.92. The molecule has 1 saturated carbocycles. The molecule has 1 aromatic rings. The number of amides is 1. The van der Waals surface area contributed by atoms with E-state index in [1.165, 1.54) is 12.8 Å². The number of aromatic nitrogens is 2. The van der Waals surface area contributed by atoms with Crippen LogP contribution in [-0.2, 0) is 0 Å². The molecule has 3 rings (SSSR count). The predicted molar refractivity (Wildman–Crippen MR) is 90.8 cm³/mol. The number of piperazine rings is 1. The second kappa shape index (κ2) is 7.25. The maximum absolute atomic E-state index is 12.5. The van der Waals surface area contributed by atoms with Crippen molar-refractivity contribution in [1.29, 1.82) is 0 Å². The van der Waals surface area contributed by atoms with Gasteiger partial charge in [0, 0.05) is 37.9 Å². The van der Waals surface area contributed by atoms with Gasteiger partial charge in [0.05, 0.1) is 0 Å². The lowest BCUT2D eigenvalue weighted by Gasteiger charge is -2.34. The first-order valence-electron chi connectivity index (χ1n) is 8.79. The molecule has 6 nitrogen and oxygen atoms in total. The fourth-order valence-corrected chi connectivity index (χ4v) is 3.40. The smallest absolute Gasteiger partial charge is 0.270 e. The van der Waals surface area contributed by atoms with Gasteiger partial charge in [0.15, 0.2) is 0 Å². The topological polar surface area (TPSA) is 61.4 Å². The van der Waals surface area contributed by atoms with Gasteiger partial charge in [-0.15, -0.1) is 0 Å². The summed E-state index contributed by atoms with van der Waals surface area (Å²) in [5.74, 6) is 0.633. The number of hydrogen-bond acceptors (Lipinski definition) is 5. The summed E-state index contributed by atoms with van der Waals surface area (Å²) in [7, 11) is 0. The molecule has 1 N–H and O–H groups in total. The maximum atomic E-state index is 12.5. The van der Waals surface area contributed by atoms with Gasteiger partial charge in [-0.25, -0.2) is 9.97 Å². The lowest BCUT2D eigenvalue weighted by Crippen LogP contribution is -2.47. The van der Waals surface area contributed by atoms with E-state index in [0.717, 1.165) is 51.3 Å². The number of rotatable bonds is 4. The molecule has 1 amide bonds. The summed E-state index contributed by atoms with van der Waals surface area (Å²) in [5.41, 5.74) is 1.35. The van der Waals surface area contributed by atoms with Gasteiger partial charge in [0.2, 0.25) is 5.95 Å². The largest absolute Gasteiger partial charge is 0.348 e. The van der Waals surface area contributed by atoms with Crippen molar-refractivity contribution in [3.8, 4) is 0 Å². The fourth-order valence-electron chi connectivity index (χ4n) is 3.40. The van der Waals surface area contributed by atoms with Gasteiger partial charge in [-0.2, -0.15) is 0 Å². The summed E-state index contributed by atoms with van der Waals surface area (Å²) in [4.78, 5) is 26.1. The van der Waals surface area contributed by atoms with E-state index in [0.29, 0.717) is 17.7 Å². The van der Waals surface area contributed by atoms with E-state index in [9.17, 15) is 4.79 Å². The Bertz CT molecular complexity index is 548. The van der Waals surface area contributed by atoms with Crippen molar-refractivity contribution in [2.75, 3.05) is 37.6 Å². The average molecular weight is 317 g/mol. The summed E-state index contributed by atoms with van der Waals surface area (Å²) < 4.78 is 0. The number of nitrogens with zero attached hydrogens (tertiary/aromatic N) is 4. The molecule has 2 fully saturated rings.